The van der Waals surface area contributed by atoms with Gasteiger partial charge in [0.1, 0.15) is 5.75 Å². The van der Waals surface area contributed by atoms with Crippen molar-refractivity contribution in [1.29, 1.82) is 0 Å². The van der Waals surface area contributed by atoms with Gasteiger partial charge in [-0.05, 0) is 66.6 Å². The lowest BCUT2D eigenvalue weighted by Gasteiger charge is -2.23. The highest BCUT2D eigenvalue weighted by molar-refractivity contribution is 5.92. The summed E-state index contributed by atoms with van der Waals surface area (Å²) in [5.74, 6) is 0.553. The normalized spacial score (nSPS) is 11.2. The predicted molar refractivity (Wildman–Crippen MR) is 99.8 cm³/mol. The summed E-state index contributed by atoms with van der Waals surface area (Å²) in [6.07, 6.45) is 1.07. The average molecular weight is 325 g/mol. The van der Waals surface area contributed by atoms with E-state index in [1.165, 1.54) is 11.1 Å². The molecule has 2 aromatic rings. The molecule has 0 bridgehead atoms. The summed E-state index contributed by atoms with van der Waals surface area (Å²) in [7, 11) is 0. The molecule has 0 spiro atoms. The summed E-state index contributed by atoms with van der Waals surface area (Å²) in [4.78, 5) is 12.0. The summed E-state index contributed by atoms with van der Waals surface area (Å²) >= 11 is 0. The number of anilines is 1. The van der Waals surface area contributed by atoms with Crippen LogP contribution in [0.4, 0.5) is 5.69 Å². The molecule has 3 nitrogen and oxygen atoms in total. The number of ether oxygens (including phenoxy) is 1. The standard InChI is InChI=1S/C21H27NO2/c1-6-21(4,5)17-8-11-19(12-9-17)24-14-20(23)22-18-10-7-15(2)16(3)13-18/h7-13H,6,14H2,1-5H3,(H,22,23). The number of rotatable bonds is 6. The van der Waals surface area contributed by atoms with Gasteiger partial charge in [0, 0.05) is 5.69 Å². The Labute approximate surface area is 145 Å². The van der Waals surface area contributed by atoms with Gasteiger partial charge in [-0.25, -0.2) is 0 Å². The quantitative estimate of drug-likeness (QED) is 0.811. The molecule has 2 aromatic carbocycles. The highest BCUT2D eigenvalue weighted by Gasteiger charge is 2.17. The van der Waals surface area contributed by atoms with Gasteiger partial charge in [0.05, 0.1) is 0 Å². The third kappa shape index (κ3) is 4.60. The highest BCUT2D eigenvalue weighted by atomic mass is 16.5. The third-order valence-electron chi connectivity index (χ3n) is 4.68. The lowest BCUT2D eigenvalue weighted by Crippen LogP contribution is -2.20. The summed E-state index contributed by atoms with van der Waals surface area (Å²) in [6, 6.07) is 13.9. The predicted octanol–water partition coefficient (Wildman–Crippen LogP) is 5.01. The minimum absolute atomic E-state index is 0.00341. The van der Waals surface area contributed by atoms with E-state index in [4.69, 9.17) is 4.74 Å². The van der Waals surface area contributed by atoms with Crippen LogP contribution in [0.15, 0.2) is 42.5 Å². The Balaban J connectivity index is 1.90. The van der Waals surface area contributed by atoms with Gasteiger partial charge in [-0.3, -0.25) is 4.79 Å². The van der Waals surface area contributed by atoms with Gasteiger partial charge in [-0.1, -0.05) is 39.0 Å². The minimum atomic E-state index is -0.156. The molecule has 0 atom stereocenters. The van der Waals surface area contributed by atoms with Crippen molar-refractivity contribution in [2.45, 2.75) is 46.5 Å². The van der Waals surface area contributed by atoms with Crippen molar-refractivity contribution in [1.82, 2.24) is 0 Å². The second-order valence-corrected chi connectivity index (χ2v) is 6.90. The fourth-order valence-corrected chi connectivity index (χ4v) is 2.37. The molecule has 0 aromatic heterocycles. The molecule has 24 heavy (non-hydrogen) atoms. The summed E-state index contributed by atoms with van der Waals surface area (Å²) in [5.41, 5.74) is 4.59. The molecule has 2 rings (SSSR count). The molecule has 0 fully saturated rings. The van der Waals surface area contributed by atoms with E-state index in [9.17, 15) is 4.79 Å². The van der Waals surface area contributed by atoms with E-state index in [0.29, 0.717) is 5.75 Å². The first-order valence-electron chi connectivity index (χ1n) is 8.42. The van der Waals surface area contributed by atoms with E-state index < -0.39 is 0 Å². The number of carbonyl (C=O) groups excluding carboxylic acids is 1. The van der Waals surface area contributed by atoms with Crippen molar-refractivity contribution in [3.8, 4) is 5.75 Å². The van der Waals surface area contributed by atoms with E-state index in [2.05, 4.69) is 38.2 Å². The fraction of sp³-hybridized carbons (Fsp3) is 0.381. The molecule has 0 saturated heterocycles. The molecule has 0 radical (unpaired) electrons. The molecule has 3 heteroatoms. The van der Waals surface area contributed by atoms with Crippen molar-refractivity contribution in [3.05, 3.63) is 59.2 Å². The number of carbonyl (C=O) groups is 1. The molecule has 0 aliphatic rings. The van der Waals surface area contributed by atoms with Crippen molar-refractivity contribution in [2.24, 2.45) is 0 Å². The first kappa shape index (κ1) is 18.1. The van der Waals surface area contributed by atoms with E-state index in [0.717, 1.165) is 17.7 Å². The van der Waals surface area contributed by atoms with Crippen molar-refractivity contribution in [3.63, 3.8) is 0 Å². The van der Waals surface area contributed by atoms with Crippen LogP contribution in [0.25, 0.3) is 0 Å². The molecule has 0 unspecified atom stereocenters. The Hall–Kier alpha value is -2.29. The topological polar surface area (TPSA) is 38.3 Å². The molecule has 0 aliphatic heterocycles. The Bertz CT molecular complexity index is 702. The van der Waals surface area contributed by atoms with Crippen LogP contribution >= 0.6 is 0 Å². The number of hydrogen-bond donors (Lipinski definition) is 1. The van der Waals surface area contributed by atoms with E-state index in [1.54, 1.807) is 0 Å². The van der Waals surface area contributed by atoms with E-state index in [-0.39, 0.29) is 17.9 Å². The monoisotopic (exact) mass is 325 g/mol. The molecule has 0 saturated carbocycles. The summed E-state index contributed by atoms with van der Waals surface area (Å²) in [6.45, 7) is 10.7. The minimum Gasteiger partial charge on any atom is -0.484 e. The van der Waals surface area contributed by atoms with Crippen molar-refractivity contribution >= 4 is 11.6 Å². The summed E-state index contributed by atoms with van der Waals surface area (Å²) < 4.78 is 5.58. The molecular formula is C21H27NO2. The Morgan fingerprint density at radius 2 is 1.71 bits per heavy atom. The van der Waals surface area contributed by atoms with Crippen LogP contribution in [0.5, 0.6) is 5.75 Å². The molecule has 1 amide bonds. The fourth-order valence-electron chi connectivity index (χ4n) is 2.37. The number of amides is 1. The number of nitrogens with one attached hydrogen (secondary N) is 1. The Morgan fingerprint density at radius 1 is 1.04 bits per heavy atom. The van der Waals surface area contributed by atoms with Gasteiger partial charge >= 0.3 is 0 Å². The zero-order valence-corrected chi connectivity index (χ0v) is 15.3. The van der Waals surface area contributed by atoms with Gasteiger partial charge in [0.2, 0.25) is 0 Å². The van der Waals surface area contributed by atoms with Crippen LogP contribution in [0.1, 0.15) is 43.9 Å². The first-order chi connectivity index (χ1) is 11.3. The van der Waals surface area contributed by atoms with Gasteiger partial charge in [-0.15, -0.1) is 0 Å². The third-order valence-corrected chi connectivity index (χ3v) is 4.68. The van der Waals surface area contributed by atoms with E-state index in [1.807, 2.05) is 44.2 Å². The molecule has 128 valence electrons. The highest BCUT2D eigenvalue weighted by Crippen LogP contribution is 2.28. The molecule has 1 N–H and O–H groups in total. The molecular weight excluding hydrogens is 298 g/mol. The zero-order valence-electron chi connectivity index (χ0n) is 15.3. The van der Waals surface area contributed by atoms with Crippen LogP contribution in [-0.4, -0.2) is 12.5 Å². The van der Waals surface area contributed by atoms with Crippen LogP contribution in [0, 0.1) is 13.8 Å². The SMILES string of the molecule is CCC(C)(C)c1ccc(OCC(=O)Nc2ccc(C)c(C)c2)cc1. The van der Waals surface area contributed by atoms with Crippen LogP contribution in [0.3, 0.4) is 0 Å². The van der Waals surface area contributed by atoms with Crippen molar-refractivity contribution < 1.29 is 9.53 Å². The van der Waals surface area contributed by atoms with Crippen LogP contribution in [-0.2, 0) is 10.2 Å². The lowest BCUT2D eigenvalue weighted by molar-refractivity contribution is -0.118. The van der Waals surface area contributed by atoms with Gasteiger partial charge in [0.15, 0.2) is 6.61 Å². The van der Waals surface area contributed by atoms with Crippen molar-refractivity contribution in [2.75, 3.05) is 11.9 Å². The van der Waals surface area contributed by atoms with Crippen LogP contribution < -0.4 is 10.1 Å². The molecule has 0 heterocycles. The maximum Gasteiger partial charge on any atom is 0.262 e. The van der Waals surface area contributed by atoms with Crippen LogP contribution in [0.2, 0.25) is 0 Å². The largest absolute Gasteiger partial charge is 0.484 e. The average Bonchev–Trinajstić information content (AvgIpc) is 2.57. The number of hydrogen-bond acceptors (Lipinski definition) is 2. The van der Waals surface area contributed by atoms with E-state index >= 15 is 0 Å². The Kier molecular flexibility index (Phi) is 5.66. The number of aryl methyl sites for hydroxylation is 2. The first-order valence-corrected chi connectivity index (χ1v) is 8.42. The summed E-state index contributed by atoms with van der Waals surface area (Å²) in [5, 5.41) is 2.86. The second-order valence-electron chi connectivity index (χ2n) is 6.90. The maximum absolute atomic E-state index is 12.0. The zero-order chi connectivity index (χ0) is 17.7. The maximum atomic E-state index is 12.0. The molecule has 0 aliphatic carbocycles. The second kappa shape index (κ2) is 7.52. The number of benzene rings is 2. The Morgan fingerprint density at radius 3 is 2.29 bits per heavy atom. The van der Waals surface area contributed by atoms with Gasteiger partial charge in [0.25, 0.3) is 5.91 Å². The smallest absolute Gasteiger partial charge is 0.262 e. The van der Waals surface area contributed by atoms with Gasteiger partial charge in [-0.2, -0.15) is 0 Å². The van der Waals surface area contributed by atoms with Gasteiger partial charge < -0.3 is 10.1 Å². The lowest BCUT2D eigenvalue weighted by atomic mass is 9.82.